The Labute approximate surface area is 168 Å². The number of carbonyl (C=O) groups excluding carboxylic acids is 1. The second kappa shape index (κ2) is 6.54. The van der Waals surface area contributed by atoms with Crippen LogP contribution in [0, 0.1) is 0 Å². The van der Waals surface area contributed by atoms with Crippen molar-refractivity contribution in [2.24, 2.45) is 4.99 Å². The van der Waals surface area contributed by atoms with Crippen molar-refractivity contribution in [3.63, 3.8) is 0 Å². The van der Waals surface area contributed by atoms with E-state index in [1.165, 1.54) is 0 Å². The van der Waals surface area contributed by atoms with Crippen LogP contribution in [-0.2, 0) is 14.1 Å². The number of hydrogen-bond acceptors (Lipinski definition) is 5. The van der Waals surface area contributed by atoms with E-state index in [0.717, 1.165) is 49.1 Å². The highest BCUT2D eigenvalue weighted by Crippen LogP contribution is 2.41. The molecule has 152 valence electrons. The number of hydrogen-bond donors (Lipinski definition) is 1. The molecule has 4 aliphatic rings. The quantitative estimate of drug-likeness (QED) is 0.759. The Morgan fingerprint density at radius 3 is 2.36 bits per heavy atom. The van der Waals surface area contributed by atoms with Crippen LogP contribution in [0.3, 0.4) is 0 Å². The molecule has 2 atom stereocenters. The van der Waals surface area contributed by atoms with Crippen LogP contribution < -0.4 is 5.32 Å². The maximum absolute atomic E-state index is 12.8. The SMILES string of the molecule is CN1CCCC1C1=NC(C)(C2=CC=C(B3OC(C)(C)C(C)(C)O3)CC2)C(=O)N1. The summed E-state index contributed by atoms with van der Waals surface area (Å²) in [5, 5.41) is 3.06. The Hall–Kier alpha value is -1.44. The van der Waals surface area contributed by atoms with E-state index in [4.69, 9.17) is 14.3 Å². The highest BCUT2D eigenvalue weighted by molar-refractivity contribution is 6.54. The standard InChI is InChI=1S/C21H32BN3O3/c1-19(2)20(3,4)28-22(27-19)15-11-9-14(10-12-15)21(5)18(26)23-17(24-21)16-8-7-13-25(16)6/h9,11,16H,7-8,10,12-13H2,1-6H3,(H,23,24,26). The molecule has 2 fully saturated rings. The first-order valence-corrected chi connectivity index (χ1v) is 10.4. The van der Waals surface area contributed by atoms with Gasteiger partial charge in [-0.25, -0.2) is 4.99 Å². The number of nitrogens with one attached hydrogen (secondary N) is 1. The average Bonchev–Trinajstić information content (AvgIpc) is 3.24. The van der Waals surface area contributed by atoms with E-state index in [1.807, 2.05) is 13.0 Å². The lowest BCUT2D eigenvalue weighted by Gasteiger charge is -2.32. The van der Waals surface area contributed by atoms with Gasteiger partial charge >= 0.3 is 7.12 Å². The van der Waals surface area contributed by atoms with Crippen molar-refractivity contribution >= 4 is 18.9 Å². The summed E-state index contributed by atoms with van der Waals surface area (Å²) in [7, 11) is 1.78. The Morgan fingerprint density at radius 2 is 1.82 bits per heavy atom. The molecule has 3 aliphatic heterocycles. The molecule has 0 bridgehead atoms. The highest BCUT2D eigenvalue weighted by atomic mass is 16.7. The zero-order chi connectivity index (χ0) is 20.3. The zero-order valence-corrected chi connectivity index (χ0v) is 18.0. The van der Waals surface area contributed by atoms with E-state index < -0.39 is 5.54 Å². The lowest BCUT2D eigenvalue weighted by atomic mass is 9.71. The van der Waals surface area contributed by atoms with Crippen LogP contribution in [0.15, 0.2) is 28.2 Å². The van der Waals surface area contributed by atoms with E-state index in [0.29, 0.717) is 0 Å². The smallest absolute Gasteiger partial charge is 0.400 e. The van der Waals surface area contributed by atoms with Crippen molar-refractivity contribution in [2.75, 3.05) is 13.6 Å². The van der Waals surface area contributed by atoms with Gasteiger partial charge in [0.15, 0.2) is 5.54 Å². The predicted molar refractivity (Wildman–Crippen MR) is 111 cm³/mol. The van der Waals surface area contributed by atoms with Gasteiger partial charge in [-0.15, -0.1) is 0 Å². The summed E-state index contributed by atoms with van der Waals surface area (Å²) in [4.78, 5) is 20.0. The molecule has 0 aromatic rings. The largest absolute Gasteiger partial charge is 0.490 e. The van der Waals surface area contributed by atoms with Crippen molar-refractivity contribution in [3.8, 4) is 0 Å². The maximum atomic E-state index is 12.8. The molecule has 7 heteroatoms. The lowest BCUT2D eigenvalue weighted by molar-refractivity contribution is -0.122. The van der Waals surface area contributed by atoms with Crippen molar-refractivity contribution in [1.82, 2.24) is 10.2 Å². The first kappa shape index (κ1) is 19.9. The van der Waals surface area contributed by atoms with Gasteiger partial charge in [0.1, 0.15) is 5.84 Å². The highest BCUT2D eigenvalue weighted by Gasteiger charge is 2.53. The molecule has 0 aromatic heterocycles. The van der Waals surface area contributed by atoms with E-state index >= 15 is 0 Å². The third-order valence-corrected chi connectivity index (χ3v) is 7.23. The topological polar surface area (TPSA) is 63.2 Å². The summed E-state index contributed by atoms with van der Waals surface area (Å²) in [6, 6.07) is 0.228. The summed E-state index contributed by atoms with van der Waals surface area (Å²) in [5.74, 6) is 0.815. The molecule has 1 N–H and O–H groups in total. The number of amides is 1. The minimum Gasteiger partial charge on any atom is -0.400 e. The summed E-state index contributed by atoms with van der Waals surface area (Å²) < 4.78 is 12.3. The van der Waals surface area contributed by atoms with Gasteiger partial charge in [0.05, 0.1) is 17.2 Å². The van der Waals surface area contributed by atoms with Crippen LogP contribution in [0.5, 0.6) is 0 Å². The molecular formula is C21H32BN3O3. The summed E-state index contributed by atoms with van der Waals surface area (Å²) in [5.41, 5.74) is 0.695. The molecule has 6 nitrogen and oxygen atoms in total. The van der Waals surface area contributed by atoms with Crippen LogP contribution in [0.1, 0.15) is 60.3 Å². The zero-order valence-electron chi connectivity index (χ0n) is 18.0. The second-order valence-corrected chi connectivity index (χ2v) is 9.68. The number of likely N-dealkylation sites (N-methyl/N-ethyl adjacent to an activating group) is 1. The maximum Gasteiger partial charge on any atom is 0.490 e. The fourth-order valence-electron chi connectivity index (χ4n) is 4.44. The number of aliphatic imine (C=N–C) groups is 1. The fourth-order valence-corrected chi connectivity index (χ4v) is 4.44. The van der Waals surface area contributed by atoms with Gasteiger partial charge in [-0.05, 0) is 84.9 Å². The Morgan fingerprint density at radius 1 is 1.14 bits per heavy atom. The monoisotopic (exact) mass is 385 g/mol. The summed E-state index contributed by atoms with van der Waals surface area (Å²) in [6.07, 6.45) is 7.92. The first-order valence-electron chi connectivity index (χ1n) is 10.4. The van der Waals surface area contributed by atoms with Crippen molar-refractivity contribution in [1.29, 1.82) is 0 Å². The van der Waals surface area contributed by atoms with Crippen LogP contribution >= 0.6 is 0 Å². The molecule has 4 rings (SSSR count). The van der Waals surface area contributed by atoms with Crippen LogP contribution in [0.2, 0.25) is 0 Å². The molecule has 3 heterocycles. The molecule has 2 unspecified atom stereocenters. The summed E-state index contributed by atoms with van der Waals surface area (Å²) >= 11 is 0. The Bertz CT molecular complexity index is 770. The lowest BCUT2D eigenvalue weighted by Crippen LogP contribution is -2.43. The van der Waals surface area contributed by atoms with E-state index in [2.05, 4.69) is 51.0 Å². The van der Waals surface area contributed by atoms with Gasteiger partial charge in [-0.1, -0.05) is 12.2 Å². The average molecular weight is 385 g/mol. The molecule has 1 aliphatic carbocycles. The second-order valence-electron chi connectivity index (χ2n) is 9.68. The van der Waals surface area contributed by atoms with Gasteiger partial charge in [-0.2, -0.15) is 0 Å². The third kappa shape index (κ3) is 3.08. The number of amidine groups is 1. The first-order chi connectivity index (χ1) is 13.0. The summed E-state index contributed by atoms with van der Waals surface area (Å²) in [6.45, 7) is 11.3. The predicted octanol–water partition coefficient (Wildman–Crippen LogP) is 2.65. The van der Waals surface area contributed by atoms with Crippen LogP contribution in [-0.4, -0.2) is 60.1 Å². The van der Waals surface area contributed by atoms with Gasteiger partial charge in [0.2, 0.25) is 0 Å². The minimum absolute atomic E-state index is 0.0125. The van der Waals surface area contributed by atoms with Crippen molar-refractivity contribution < 1.29 is 14.1 Å². The normalized spacial score (nSPS) is 34.9. The molecule has 0 radical (unpaired) electrons. The minimum atomic E-state index is -0.809. The van der Waals surface area contributed by atoms with Crippen molar-refractivity contribution in [2.45, 2.75) is 83.1 Å². The molecule has 1 amide bonds. The van der Waals surface area contributed by atoms with E-state index in [-0.39, 0.29) is 30.3 Å². The van der Waals surface area contributed by atoms with Crippen LogP contribution in [0.4, 0.5) is 0 Å². The molecule has 28 heavy (non-hydrogen) atoms. The van der Waals surface area contributed by atoms with E-state index in [1.54, 1.807) is 0 Å². The molecule has 0 aromatic carbocycles. The van der Waals surface area contributed by atoms with Gasteiger partial charge in [0.25, 0.3) is 5.91 Å². The van der Waals surface area contributed by atoms with Crippen LogP contribution in [0.25, 0.3) is 0 Å². The van der Waals surface area contributed by atoms with Gasteiger partial charge in [-0.3, -0.25) is 9.69 Å². The Balaban J connectivity index is 1.54. The van der Waals surface area contributed by atoms with E-state index in [9.17, 15) is 4.79 Å². The van der Waals surface area contributed by atoms with Gasteiger partial charge < -0.3 is 14.6 Å². The molecule has 2 saturated heterocycles. The third-order valence-electron chi connectivity index (χ3n) is 7.23. The van der Waals surface area contributed by atoms with Gasteiger partial charge in [0, 0.05) is 0 Å². The number of rotatable bonds is 3. The molecular weight excluding hydrogens is 353 g/mol. The fraction of sp³-hybridized carbons (Fsp3) is 0.714. The number of carbonyl (C=O) groups is 1. The Kier molecular flexibility index (Phi) is 4.64. The molecule has 0 saturated carbocycles. The number of likely N-dealkylation sites (tertiary alicyclic amines) is 1. The van der Waals surface area contributed by atoms with Crippen molar-refractivity contribution in [3.05, 3.63) is 23.2 Å². The molecule has 0 spiro atoms. The number of allylic oxidation sites excluding steroid dienone is 3. The number of nitrogens with zero attached hydrogens (tertiary/aromatic N) is 2.